The van der Waals surface area contributed by atoms with Crippen molar-refractivity contribution in [2.24, 2.45) is 0 Å². The number of nitrogens with one attached hydrogen (secondary N) is 1. The van der Waals surface area contributed by atoms with Crippen molar-refractivity contribution in [2.75, 3.05) is 13.2 Å². The molecule has 1 saturated heterocycles. The summed E-state index contributed by atoms with van der Waals surface area (Å²) >= 11 is 0. The average molecular weight is 223 g/mol. The number of hydrogen-bond acceptors (Lipinski definition) is 2. The van der Waals surface area contributed by atoms with Gasteiger partial charge in [-0.1, -0.05) is 19.1 Å². The van der Waals surface area contributed by atoms with Crippen molar-refractivity contribution in [1.82, 2.24) is 5.32 Å². The second-order valence-corrected chi connectivity index (χ2v) is 4.24. The largest absolute Gasteiger partial charge is 0.380 e. The number of benzene rings is 1. The minimum absolute atomic E-state index is 0.178. The molecule has 1 heterocycles. The third-order valence-corrected chi connectivity index (χ3v) is 3.05. The van der Waals surface area contributed by atoms with Gasteiger partial charge in [0.15, 0.2) is 0 Å². The molecule has 2 nitrogen and oxygen atoms in total. The highest BCUT2D eigenvalue weighted by molar-refractivity contribution is 5.20. The first kappa shape index (κ1) is 11.6. The molecule has 88 valence electrons. The second-order valence-electron chi connectivity index (χ2n) is 4.24. The molecular weight excluding hydrogens is 205 g/mol. The smallest absolute Gasteiger partial charge is 0.123 e. The lowest BCUT2D eigenvalue weighted by Gasteiger charge is -2.21. The lowest BCUT2D eigenvalue weighted by atomic mass is 10.0. The maximum atomic E-state index is 12.8. The molecule has 0 radical (unpaired) electrons. The third kappa shape index (κ3) is 2.80. The molecule has 1 aliphatic rings. The number of hydrogen-bond donors (Lipinski definition) is 1. The molecule has 0 saturated carbocycles. The third-order valence-electron chi connectivity index (χ3n) is 3.05. The zero-order valence-electron chi connectivity index (χ0n) is 9.58. The number of rotatable bonds is 4. The van der Waals surface area contributed by atoms with Gasteiger partial charge in [0.2, 0.25) is 0 Å². The van der Waals surface area contributed by atoms with Crippen LogP contribution in [0.15, 0.2) is 24.3 Å². The molecular formula is C13H18FNO. The van der Waals surface area contributed by atoms with E-state index in [4.69, 9.17) is 4.74 Å². The van der Waals surface area contributed by atoms with E-state index in [2.05, 4.69) is 12.2 Å². The first-order valence-corrected chi connectivity index (χ1v) is 5.89. The van der Waals surface area contributed by atoms with E-state index in [-0.39, 0.29) is 5.82 Å². The van der Waals surface area contributed by atoms with Gasteiger partial charge in [-0.3, -0.25) is 0 Å². The summed E-state index contributed by atoms with van der Waals surface area (Å²) in [6, 6.07) is 7.48. The van der Waals surface area contributed by atoms with E-state index in [1.807, 2.05) is 12.1 Å². The van der Waals surface area contributed by atoms with Gasteiger partial charge in [0, 0.05) is 18.7 Å². The van der Waals surface area contributed by atoms with E-state index in [9.17, 15) is 4.39 Å². The first-order valence-electron chi connectivity index (χ1n) is 5.89. The maximum Gasteiger partial charge on any atom is 0.123 e. The Bertz CT molecular complexity index is 319. The van der Waals surface area contributed by atoms with Gasteiger partial charge in [0.25, 0.3) is 0 Å². The van der Waals surface area contributed by atoms with Crippen molar-refractivity contribution in [3.05, 3.63) is 35.6 Å². The van der Waals surface area contributed by atoms with E-state index >= 15 is 0 Å². The molecule has 0 bridgehead atoms. The van der Waals surface area contributed by atoms with Crippen LogP contribution in [0.1, 0.15) is 31.4 Å². The van der Waals surface area contributed by atoms with E-state index in [1.165, 1.54) is 12.1 Å². The molecule has 16 heavy (non-hydrogen) atoms. The van der Waals surface area contributed by atoms with E-state index in [0.717, 1.165) is 31.6 Å². The Morgan fingerprint density at radius 1 is 1.44 bits per heavy atom. The minimum atomic E-state index is -0.178. The van der Waals surface area contributed by atoms with E-state index in [1.54, 1.807) is 0 Å². The van der Waals surface area contributed by atoms with Gasteiger partial charge >= 0.3 is 0 Å². The van der Waals surface area contributed by atoms with Gasteiger partial charge in [-0.05, 0) is 30.5 Å². The highest BCUT2D eigenvalue weighted by Gasteiger charge is 2.19. The Kier molecular flexibility index (Phi) is 3.91. The summed E-state index contributed by atoms with van der Waals surface area (Å²) in [6.45, 7) is 3.77. The predicted octanol–water partition coefficient (Wildman–Crippen LogP) is 2.66. The summed E-state index contributed by atoms with van der Waals surface area (Å²) in [7, 11) is 0. The molecule has 2 unspecified atom stereocenters. The van der Waals surface area contributed by atoms with Crippen LogP contribution in [0.25, 0.3) is 0 Å². The molecule has 1 aliphatic heterocycles. The van der Waals surface area contributed by atoms with Gasteiger partial charge in [-0.15, -0.1) is 0 Å². The van der Waals surface area contributed by atoms with Crippen LogP contribution >= 0.6 is 0 Å². The van der Waals surface area contributed by atoms with Crippen LogP contribution in [-0.4, -0.2) is 19.3 Å². The van der Waals surface area contributed by atoms with Crippen LogP contribution in [0, 0.1) is 5.82 Å². The molecule has 2 atom stereocenters. The lowest BCUT2D eigenvalue weighted by molar-refractivity contribution is 0.187. The van der Waals surface area contributed by atoms with Crippen LogP contribution in [-0.2, 0) is 4.74 Å². The maximum absolute atomic E-state index is 12.8. The Balaban J connectivity index is 2.00. The van der Waals surface area contributed by atoms with Crippen LogP contribution in [0.3, 0.4) is 0 Å². The fourth-order valence-electron chi connectivity index (χ4n) is 2.10. The van der Waals surface area contributed by atoms with Crippen molar-refractivity contribution >= 4 is 0 Å². The standard InChI is InChI=1S/C13H18FNO/c1-2-13(15-12-7-8-16-9-12)10-3-5-11(14)6-4-10/h3-6,12-13,15H,2,7-9H2,1H3. The monoisotopic (exact) mass is 223 g/mol. The van der Waals surface area contributed by atoms with Crippen molar-refractivity contribution in [3.63, 3.8) is 0 Å². The average Bonchev–Trinajstić information content (AvgIpc) is 2.80. The Labute approximate surface area is 95.8 Å². The summed E-state index contributed by atoms with van der Waals surface area (Å²) < 4.78 is 18.2. The van der Waals surface area contributed by atoms with Crippen molar-refractivity contribution in [2.45, 2.75) is 31.8 Å². The Morgan fingerprint density at radius 3 is 2.75 bits per heavy atom. The van der Waals surface area contributed by atoms with Crippen molar-refractivity contribution in [3.8, 4) is 0 Å². The normalized spacial score (nSPS) is 22.2. The van der Waals surface area contributed by atoms with Gasteiger partial charge in [-0.25, -0.2) is 4.39 Å². The Hall–Kier alpha value is -0.930. The molecule has 3 heteroatoms. The van der Waals surface area contributed by atoms with Gasteiger partial charge < -0.3 is 10.1 Å². The van der Waals surface area contributed by atoms with Crippen LogP contribution in [0.4, 0.5) is 4.39 Å². The van der Waals surface area contributed by atoms with Gasteiger partial charge in [0.05, 0.1) is 6.61 Å². The Morgan fingerprint density at radius 2 is 2.19 bits per heavy atom. The minimum Gasteiger partial charge on any atom is -0.380 e. The van der Waals surface area contributed by atoms with E-state index < -0.39 is 0 Å². The molecule has 1 fully saturated rings. The topological polar surface area (TPSA) is 21.3 Å². The van der Waals surface area contributed by atoms with Crippen molar-refractivity contribution in [1.29, 1.82) is 0 Å². The highest BCUT2D eigenvalue weighted by atomic mass is 19.1. The molecule has 0 aliphatic carbocycles. The summed E-state index contributed by atoms with van der Waals surface area (Å²) in [5.74, 6) is -0.178. The molecule has 1 aromatic carbocycles. The second kappa shape index (κ2) is 5.41. The zero-order chi connectivity index (χ0) is 11.4. The first-order chi connectivity index (χ1) is 7.79. The van der Waals surface area contributed by atoms with Gasteiger partial charge in [0.1, 0.15) is 5.82 Å². The predicted molar refractivity (Wildman–Crippen MR) is 61.8 cm³/mol. The summed E-state index contributed by atoms with van der Waals surface area (Å²) in [5, 5.41) is 3.55. The van der Waals surface area contributed by atoms with Gasteiger partial charge in [-0.2, -0.15) is 0 Å². The summed E-state index contributed by atoms with van der Waals surface area (Å²) in [6.07, 6.45) is 2.07. The fraction of sp³-hybridized carbons (Fsp3) is 0.538. The van der Waals surface area contributed by atoms with Crippen molar-refractivity contribution < 1.29 is 9.13 Å². The summed E-state index contributed by atoms with van der Waals surface area (Å²) in [5.41, 5.74) is 1.15. The quantitative estimate of drug-likeness (QED) is 0.847. The van der Waals surface area contributed by atoms with E-state index in [0.29, 0.717) is 12.1 Å². The molecule has 0 aromatic heterocycles. The van der Waals surface area contributed by atoms with Crippen LogP contribution < -0.4 is 5.32 Å². The zero-order valence-corrected chi connectivity index (χ0v) is 9.58. The van der Waals surface area contributed by atoms with Crippen LogP contribution in [0.5, 0.6) is 0 Å². The fourth-order valence-corrected chi connectivity index (χ4v) is 2.10. The highest BCUT2D eigenvalue weighted by Crippen LogP contribution is 2.19. The SMILES string of the molecule is CCC(NC1CCOC1)c1ccc(F)cc1. The number of ether oxygens (including phenoxy) is 1. The van der Waals surface area contributed by atoms with Crippen LogP contribution in [0.2, 0.25) is 0 Å². The molecule has 1 N–H and O–H groups in total. The number of halogens is 1. The molecule has 0 amide bonds. The molecule has 2 rings (SSSR count). The molecule has 1 aromatic rings. The molecule has 0 spiro atoms. The lowest BCUT2D eigenvalue weighted by Crippen LogP contribution is -2.32. The summed E-state index contributed by atoms with van der Waals surface area (Å²) in [4.78, 5) is 0.